The summed E-state index contributed by atoms with van der Waals surface area (Å²) in [5.41, 5.74) is 9.22. The summed E-state index contributed by atoms with van der Waals surface area (Å²) in [6, 6.07) is 5.68. The summed E-state index contributed by atoms with van der Waals surface area (Å²) in [6.07, 6.45) is 0.910. The maximum atomic E-state index is 12.3. The third kappa shape index (κ3) is 4.51. The van der Waals surface area contributed by atoms with Crippen LogP contribution in [0.2, 0.25) is 0 Å². The minimum Gasteiger partial charge on any atom is -0.320 e. The third-order valence-corrected chi connectivity index (χ3v) is 3.47. The summed E-state index contributed by atoms with van der Waals surface area (Å²) >= 11 is 0. The highest BCUT2D eigenvalue weighted by Crippen LogP contribution is 2.19. The summed E-state index contributed by atoms with van der Waals surface area (Å²) in [5.74, 6) is 0.181. The van der Waals surface area contributed by atoms with E-state index in [2.05, 4.69) is 13.0 Å². The molecule has 19 heavy (non-hydrogen) atoms. The summed E-state index contributed by atoms with van der Waals surface area (Å²) in [5, 5.41) is 0. The Morgan fingerprint density at radius 3 is 2.16 bits per heavy atom. The highest BCUT2D eigenvalue weighted by atomic mass is 35.5. The molecular formula is C15H25ClN2O. The summed E-state index contributed by atoms with van der Waals surface area (Å²) in [7, 11) is 1.79. The molecule has 0 aliphatic heterocycles. The fourth-order valence-corrected chi connectivity index (χ4v) is 1.99. The first-order valence-electron chi connectivity index (χ1n) is 6.48. The number of likely N-dealkylation sites (N-methyl/N-ethyl adjacent to an activating group) is 1. The van der Waals surface area contributed by atoms with Crippen LogP contribution < -0.4 is 10.6 Å². The van der Waals surface area contributed by atoms with Crippen LogP contribution in [0.25, 0.3) is 0 Å². The van der Waals surface area contributed by atoms with Crippen molar-refractivity contribution in [3.8, 4) is 0 Å². The molecule has 1 aromatic rings. The Bertz CT molecular complexity index is 414. The lowest BCUT2D eigenvalue weighted by atomic mass is 9.98. The molecule has 0 radical (unpaired) electrons. The van der Waals surface area contributed by atoms with E-state index in [1.807, 2.05) is 32.9 Å². The van der Waals surface area contributed by atoms with Gasteiger partial charge in [-0.25, -0.2) is 0 Å². The highest BCUT2D eigenvalue weighted by Gasteiger charge is 2.23. The molecule has 0 fully saturated rings. The van der Waals surface area contributed by atoms with Crippen LogP contribution in [0.1, 0.15) is 31.4 Å². The van der Waals surface area contributed by atoms with Gasteiger partial charge in [-0.1, -0.05) is 26.3 Å². The normalized spacial score (nSPS) is 13.4. The lowest BCUT2D eigenvalue weighted by Gasteiger charge is -2.25. The van der Waals surface area contributed by atoms with Gasteiger partial charge < -0.3 is 10.6 Å². The highest BCUT2D eigenvalue weighted by molar-refractivity contribution is 5.96. The van der Waals surface area contributed by atoms with Gasteiger partial charge in [0.2, 0.25) is 5.91 Å². The minimum absolute atomic E-state index is 0. The van der Waals surface area contributed by atoms with Gasteiger partial charge in [0.1, 0.15) is 0 Å². The minimum atomic E-state index is -0.430. The first-order valence-corrected chi connectivity index (χ1v) is 6.48. The second-order valence-corrected chi connectivity index (χ2v) is 5.15. The van der Waals surface area contributed by atoms with Crippen LogP contribution in [-0.2, 0) is 4.79 Å². The van der Waals surface area contributed by atoms with Gasteiger partial charge in [0.05, 0.1) is 6.04 Å². The van der Waals surface area contributed by atoms with Crippen molar-refractivity contribution >= 4 is 24.0 Å². The second-order valence-electron chi connectivity index (χ2n) is 5.15. The zero-order chi connectivity index (χ0) is 13.9. The molecule has 2 N–H and O–H groups in total. The second kappa shape index (κ2) is 7.51. The van der Waals surface area contributed by atoms with Gasteiger partial charge in [0.15, 0.2) is 0 Å². The van der Waals surface area contributed by atoms with Gasteiger partial charge in [0, 0.05) is 12.7 Å². The van der Waals surface area contributed by atoms with Crippen LogP contribution in [0, 0.1) is 19.8 Å². The number of rotatable bonds is 4. The van der Waals surface area contributed by atoms with Crippen LogP contribution in [0.15, 0.2) is 18.2 Å². The monoisotopic (exact) mass is 284 g/mol. The van der Waals surface area contributed by atoms with Crippen molar-refractivity contribution in [3.63, 3.8) is 0 Å². The van der Waals surface area contributed by atoms with Crippen LogP contribution in [-0.4, -0.2) is 19.0 Å². The average Bonchev–Trinajstić information content (AvgIpc) is 2.33. The maximum absolute atomic E-state index is 12.3. The van der Waals surface area contributed by atoms with Crippen LogP contribution in [0.3, 0.4) is 0 Å². The standard InChI is InChI=1S/C15H24N2O.ClH/c1-6-12(4)14(16)15(18)17(5)13-8-10(2)7-11(3)9-13;/h7-9,12,14H,6,16H2,1-5H3;1H. The molecule has 1 rings (SSSR count). The zero-order valence-electron chi connectivity index (χ0n) is 12.4. The number of carbonyl (C=O) groups is 1. The zero-order valence-corrected chi connectivity index (χ0v) is 13.3. The molecule has 108 valence electrons. The molecule has 1 aromatic carbocycles. The van der Waals surface area contributed by atoms with Gasteiger partial charge in [-0.15, -0.1) is 12.4 Å². The number of carbonyl (C=O) groups excluding carboxylic acids is 1. The fourth-order valence-electron chi connectivity index (χ4n) is 1.99. The van der Waals surface area contributed by atoms with E-state index < -0.39 is 6.04 Å². The molecule has 2 atom stereocenters. The molecule has 2 unspecified atom stereocenters. The molecule has 0 bridgehead atoms. The third-order valence-electron chi connectivity index (χ3n) is 3.47. The van der Waals surface area contributed by atoms with Gasteiger partial charge in [-0.05, 0) is 43.0 Å². The molecule has 0 saturated carbocycles. The van der Waals surface area contributed by atoms with Crippen LogP contribution in [0.5, 0.6) is 0 Å². The molecule has 0 spiro atoms. The quantitative estimate of drug-likeness (QED) is 0.924. The molecule has 1 amide bonds. The molecule has 0 heterocycles. The van der Waals surface area contributed by atoms with Crippen LogP contribution >= 0.6 is 12.4 Å². The Kier molecular flexibility index (Phi) is 7.09. The lowest BCUT2D eigenvalue weighted by molar-refractivity contribution is -0.120. The van der Waals surface area contributed by atoms with E-state index in [1.165, 1.54) is 0 Å². The summed E-state index contributed by atoms with van der Waals surface area (Å²) < 4.78 is 0. The SMILES string of the molecule is CCC(C)C(N)C(=O)N(C)c1cc(C)cc(C)c1.Cl. The number of hydrogen-bond donors (Lipinski definition) is 1. The Labute approximate surface area is 122 Å². The molecule has 3 nitrogen and oxygen atoms in total. The Morgan fingerprint density at radius 1 is 1.26 bits per heavy atom. The van der Waals surface area contributed by atoms with Crippen molar-refractivity contribution in [2.45, 2.75) is 40.2 Å². The van der Waals surface area contributed by atoms with Crippen molar-refractivity contribution in [2.24, 2.45) is 11.7 Å². The van der Waals surface area contributed by atoms with E-state index in [0.717, 1.165) is 23.2 Å². The number of anilines is 1. The molecule has 0 saturated heterocycles. The first kappa shape index (κ1) is 17.9. The number of hydrogen-bond acceptors (Lipinski definition) is 2. The number of halogens is 1. The number of benzene rings is 1. The lowest BCUT2D eigenvalue weighted by Crippen LogP contribution is -2.45. The van der Waals surface area contributed by atoms with E-state index in [1.54, 1.807) is 11.9 Å². The number of nitrogens with two attached hydrogens (primary N) is 1. The topological polar surface area (TPSA) is 46.3 Å². The predicted octanol–water partition coefficient (Wildman–Crippen LogP) is 3.06. The smallest absolute Gasteiger partial charge is 0.243 e. The number of nitrogens with zero attached hydrogens (tertiary/aromatic N) is 1. The molecule has 4 heteroatoms. The van der Waals surface area contributed by atoms with Crippen molar-refractivity contribution in [1.82, 2.24) is 0 Å². The van der Waals surface area contributed by atoms with Crippen molar-refractivity contribution < 1.29 is 4.79 Å². The molecule has 0 aliphatic rings. The number of amides is 1. The van der Waals surface area contributed by atoms with Gasteiger partial charge in [-0.2, -0.15) is 0 Å². The first-order chi connectivity index (χ1) is 8.36. The maximum Gasteiger partial charge on any atom is 0.243 e. The van der Waals surface area contributed by atoms with Crippen molar-refractivity contribution in [3.05, 3.63) is 29.3 Å². The fraction of sp³-hybridized carbons (Fsp3) is 0.533. The van der Waals surface area contributed by atoms with Gasteiger partial charge >= 0.3 is 0 Å². The average molecular weight is 285 g/mol. The summed E-state index contributed by atoms with van der Waals surface area (Å²) in [6.45, 7) is 8.12. The number of aryl methyl sites for hydroxylation is 2. The Hall–Kier alpha value is -1.06. The van der Waals surface area contributed by atoms with Crippen molar-refractivity contribution in [2.75, 3.05) is 11.9 Å². The van der Waals surface area contributed by atoms with E-state index in [-0.39, 0.29) is 24.2 Å². The van der Waals surface area contributed by atoms with E-state index in [9.17, 15) is 4.79 Å². The van der Waals surface area contributed by atoms with Gasteiger partial charge in [-0.3, -0.25) is 4.79 Å². The molecular weight excluding hydrogens is 260 g/mol. The van der Waals surface area contributed by atoms with E-state index in [4.69, 9.17) is 5.73 Å². The Balaban J connectivity index is 0.00000324. The Morgan fingerprint density at radius 2 is 1.74 bits per heavy atom. The van der Waals surface area contributed by atoms with E-state index >= 15 is 0 Å². The summed E-state index contributed by atoms with van der Waals surface area (Å²) in [4.78, 5) is 13.9. The molecule has 0 aromatic heterocycles. The van der Waals surface area contributed by atoms with Gasteiger partial charge in [0.25, 0.3) is 0 Å². The van der Waals surface area contributed by atoms with Crippen LogP contribution in [0.4, 0.5) is 5.69 Å². The van der Waals surface area contributed by atoms with Crippen molar-refractivity contribution in [1.29, 1.82) is 0 Å². The molecule has 0 aliphatic carbocycles. The largest absolute Gasteiger partial charge is 0.320 e. The van der Waals surface area contributed by atoms with E-state index in [0.29, 0.717) is 0 Å². The predicted molar refractivity (Wildman–Crippen MR) is 84.0 cm³/mol.